The highest BCUT2D eigenvalue weighted by Gasteiger charge is 2.06. The molecule has 1 heterocycles. The molecule has 1 atom stereocenters. The van der Waals surface area contributed by atoms with Crippen molar-refractivity contribution in [3.05, 3.63) is 46.4 Å². The number of anilines is 1. The van der Waals surface area contributed by atoms with E-state index in [4.69, 9.17) is 0 Å². The van der Waals surface area contributed by atoms with Gasteiger partial charge in [0, 0.05) is 17.3 Å². The van der Waals surface area contributed by atoms with Gasteiger partial charge in [-0.1, -0.05) is 19.1 Å². The highest BCUT2D eigenvalue weighted by molar-refractivity contribution is 7.09. The first kappa shape index (κ1) is 11.1. The number of nitrogens with one attached hydrogen (secondary N) is 1. The molecule has 84 valence electrons. The van der Waals surface area contributed by atoms with Crippen molar-refractivity contribution in [3.8, 4) is 0 Å². The molecule has 3 heteroatoms. The lowest BCUT2D eigenvalue weighted by molar-refractivity contribution is 0.869. The SMILES string of the molecule is CCc1ccc(NC(C)c2nccs2)cc1. The van der Waals surface area contributed by atoms with Crippen LogP contribution in [0.25, 0.3) is 0 Å². The Morgan fingerprint density at radius 3 is 2.62 bits per heavy atom. The van der Waals surface area contributed by atoms with Gasteiger partial charge in [0.1, 0.15) is 5.01 Å². The van der Waals surface area contributed by atoms with Crippen molar-refractivity contribution in [3.63, 3.8) is 0 Å². The van der Waals surface area contributed by atoms with Crippen LogP contribution in [-0.2, 0) is 6.42 Å². The maximum absolute atomic E-state index is 4.30. The molecule has 0 aliphatic rings. The predicted molar refractivity (Wildman–Crippen MR) is 70.0 cm³/mol. The maximum Gasteiger partial charge on any atom is 0.115 e. The Labute approximate surface area is 100 Å². The summed E-state index contributed by atoms with van der Waals surface area (Å²) in [6, 6.07) is 8.85. The summed E-state index contributed by atoms with van der Waals surface area (Å²) >= 11 is 1.68. The number of aryl methyl sites for hydroxylation is 1. The van der Waals surface area contributed by atoms with Crippen LogP contribution in [0.1, 0.15) is 30.5 Å². The third-order valence-corrected chi connectivity index (χ3v) is 3.53. The second kappa shape index (κ2) is 5.12. The van der Waals surface area contributed by atoms with Gasteiger partial charge in [-0.2, -0.15) is 0 Å². The fraction of sp³-hybridized carbons (Fsp3) is 0.308. The third kappa shape index (κ3) is 2.61. The van der Waals surface area contributed by atoms with E-state index in [-0.39, 0.29) is 6.04 Å². The van der Waals surface area contributed by atoms with Crippen LogP contribution < -0.4 is 5.32 Å². The molecule has 0 spiro atoms. The lowest BCUT2D eigenvalue weighted by atomic mass is 10.1. The van der Waals surface area contributed by atoms with E-state index in [1.165, 1.54) is 5.56 Å². The minimum absolute atomic E-state index is 0.271. The van der Waals surface area contributed by atoms with E-state index in [0.29, 0.717) is 0 Å². The molecule has 1 N–H and O–H groups in total. The average molecular weight is 232 g/mol. The lowest BCUT2D eigenvalue weighted by Gasteiger charge is -2.12. The fourth-order valence-electron chi connectivity index (χ4n) is 1.60. The average Bonchev–Trinajstić information content (AvgIpc) is 2.83. The number of nitrogens with zero attached hydrogens (tertiary/aromatic N) is 1. The molecule has 0 saturated heterocycles. The number of benzene rings is 1. The summed E-state index contributed by atoms with van der Waals surface area (Å²) < 4.78 is 0. The molecule has 1 aromatic heterocycles. The molecule has 1 aromatic carbocycles. The van der Waals surface area contributed by atoms with Crippen LogP contribution in [0.2, 0.25) is 0 Å². The van der Waals surface area contributed by atoms with Gasteiger partial charge in [0.15, 0.2) is 0 Å². The summed E-state index contributed by atoms with van der Waals surface area (Å²) in [7, 11) is 0. The van der Waals surface area contributed by atoms with Crippen LogP contribution >= 0.6 is 11.3 Å². The van der Waals surface area contributed by atoms with Crippen LogP contribution in [0.15, 0.2) is 35.8 Å². The zero-order valence-corrected chi connectivity index (χ0v) is 10.4. The summed E-state index contributed by atoms with van der Waals surface area (Å²) in [4.78, 5) is 4.30. The minimum atomic E-state index is 0.271. The summed E-state index contributed by atoms with van der Waals surface area (Å²) in [5, 5.41) is 6.58. The quantitative estimate of drug-likeness (QED) is 0.865. The van der Waals surface area contributed by atoms with E-state index in [9.17, 15) is 0 Å². The Kier molecular flexibility index (Phi) is 3.57. The molecule has 2 rings (SSSR count). The number of hydrogen-bond donors (Lipinski definition) is 1. The van der Waals surface area contributed by atoms with E-state index in [1.54, 1.807) is 11.3 Å². The Balaban J connectivity index is 2.03. The first-order valence-corrected chi connectivity index (χ1v) is 6.42. The molecule has 16 heavy (non-hydrogen) atoms. The van der Waals surface area contributed by atoms with Gasteiger partial charge < -0.3 is 5.32 Å². The molecule has 2 aromatic rings. The molecule has 0 aliphatic heterocycles. The lowest BCUT2D eigenvalue weighted by Crippen LogP contribution is -2.05. The highest BCUT2D eigenvalue weighted by atomic mass is 32.1. The summed E-state index contributed by atoms with van der Waals surface area (Å²) in [6.07, 6.45) is 2.93. The van der Waals surface area contributed by atoms with E-state index >= 15 is 0 Å². The molecule has 0 bridgehead atoms. The first-order valence-electron chi connectivity index (χ1n) is 5.54. The van der Waals surface area contributed by atoms with Crippen molar-refractivity contribution in [1.29, 1.82) is 0 Å². The van der Waals surface area contributed by atoms with Crippen LogP contribution in [0.5, 0.6) is 0 Å². The van der Waals surface area contributed by atoms with Crippen LogP contribution in [0.3, 0.4) is 0 Å². The predicted octanol–water partition coefficient (Wildman–Crippen LogP) is 3.88. The molecular formula is C13H16N2S. The Morgan fingerprint density at radius 2 is 2.06 bits per heavy atom. The first-order chi connectivity index (χ1) is 7.79. The summed E-state index contributed by atoms with van der Waals surface area (Å²) in [6.45, 7) is 4.30. The standard InChI is InChI=1S/C13H16N2S/c1-3-11-4-6-12(7-5-11)15-10(2)13-14-8-9-16-13/h4-10,15H,3H2,1-2H3. The van der Waals surface area contributed by atoms with E-state index < -0.39 is 0 Å². The van der Waals surface area contributed by atoms with Gasteiger partial charge in [0.2, 0.25) is 0 Å². The van der Waals surface area contributed by atoms with Gasteiger partial charge >= 0.3 is 0 Å². The Hall–Kier alpha value is -1.35. The molecule has 2 nitrogen and oxygen atoms in total. The van der Waals surface area contributed by atoms with E-state index in [0.717, 1.165) is 17.1 Å². The van der Waals surface area contributed by atoms with Crippen molar-refractivity contribution < 1.29 is 0 Å². The molecular weight excluding hydrogens is 216 g/mol. The molecule has 0 fully saturated rings. The van der Waals surface area contributed by atoms with Gasteiger partial charge in [-0.15, -0.1) is 11.3 Å². The fourth-order valence-corrected chi connectivity index (χ4v) is 2.24. The minimum Gasteiger partial charge on any atom is -0.376 e. The zero-order chi connectivity index (χ0) is 11.4. The number of aromatic nitrogens is 1. The van der Waals surface area contributed by atoms with Crippen LogP contribution in [0.4, 0.5) is 5.69 Å². The molecule has 0 aliphatic carbocycles. The highest BCUT2D eigenvalue weighted by Crippen LogP contribution is 2.21. The van der Waals surface area contributed by atoms with Crippen molar-refractivity contribution in [2.24, 2.45) is 0 Å². The number of rotatable bonds is 4. The van der Waals surface area contributed by atoms with Gasteiger partial charge in [0.25, 0.3) is 0 Å². The van der Waals surface area contributed by atoms with Gasteiger partial charge in [-0.05, 0) is 31.0 Å². The van der Waals surface area contributed by atoms with E-state index in [2.05, 4.69) is 48.4 Å². The topological polar surface area (TPSA) is 24.9 Å². The molecule has 1 unspecified atom stereocenters. The maximum atomic E-state index is 4.30. The third-order valence-electron chi connectivity index (χ3n) is 2.57. The second-order valence-corrected chi connectivity index (χ2v) is 4.71. The number of thiazole rings is 1. The van der Waals surface area contributed by atoms with Crippen LogP contribution in [-0.4, -0.2) is 4.98 Å². The second-order valence-electron chi connectivity index (χ2n) is 3.79. The largest absolute Gasteiger partial charge is 0.376 e. The Bertz CT molecular complexity index is 420. The van der Waals surface area contributed by atoms with Gasteiger partial charge in [-0.3, -0.25) is 0 Å². The zero-order valence-electron chi connectivity index (χ0n) is 9.60. The molecule has 0 saturated carbocycles. The normalized spacial score (nSPS) is 12.4. The van der Waals surface area contributed by atoms with Gasteiger partial charge in [-0.25, -0.2) is 4.98 Å². The van der Waals surface area contributed by atoms with Gasteiger partial charge in [0.05, 0.1) is 6.04 Å². The van der Waals surface area contributed by atoms with Crippen LogP contribution in [0, 0.1) is 0 Å². The number of hydrogen-bond acceptors (Lipinski definition) is 3. The van der Waals surface area contributed by atoms with Crippen molar-refractivity contribution >= 4 is 17.0 Å². The van der Waals surface area contributed by atoms with E-state index in [1.807, 2.05) is 11.6 Å². The van der Waals surface area contributed by atoms with Crippen molar-refractivity contribution in [2.45, 2.75) is 26.3 Å². The summed E-state index contributed by atoms with van der Waals surface area (Å²) in [5.74, 6) is 0. The van der Waals surface area contributed by atoms with Crippen molar-refractivity contribution in [2.75, 3.05) is 5.32 Å². The molecule has 0 amide bonds. The van der Waals surface area contributed by atoms with Crippen molar-refractivity contribution in [1.82, 2.24) is 4.98 Å². The Morgan fingerprint density at radius 1 is 1.31 bits per heavy atom. The smallest absolute Gasteiger partial charge is 0.115 e. The monoisotopic (exact) mass is 232 g/mol. The summed E-state index contributed by atoms with van der Waals surface area (Å²) in [5.41, 5.74) is 2.52. The molecule has 0 radical (unpaired) electrons.